The fraction of sp³-hybridized carbons (Fsp3) is 0.444. The van der Waals surface area contributed by atoms with Gasteiger partial charge in [-0.1, -0.05) is 25.5 Å². The molecule has 0 radical (unpaired) electrons. The summed E-state index contributed by atoms with van der Waals surface area (Å²) in [5.74, 6) is 2.51. The number of unbranched alkanes of at least 4 members (excludes halogenated alkanes) is 1. The molecule has 1 atom stereocenters. The predicted octanol–water partition coefficient (Wildman–Crippen LogP) is 2.66. The van der Waals surface area contributed by atoms with E-state index < -0.39 is 18.1 Å². The van der Waals surface area contributed by atoms with E-state index in [0.717, 1.165) is 18.4 Å². The second kappa shape index (κ2) is 10.9. The first-order chi connectivity index (χ1) is 11.6. The van der Waals surface area contributed by atoms with Gasteiger partial charge in [-0.2, -0.15) is 0 Å². The molecule has 130 valence electrons. The van der Waals surface area contributed by atoms with Crippen LogP contribution in [0.3, 0.4) is 0 Å². The molecule has 1 unspecified atom stereocenters. The van der Waals surface area contributed by atoms with Crippen molar-refractivity contribution < 1.29 is 23.8 Å². The third-order valence-corrected chi connectivity index (χ3v) is 3.17. The molecular weight excluding hydrogens is 310 g/mol. The number of carbonyl (C=O) groups is 2. The van der Waals surface area contributed by atoms with Crippen LogP contribution in [-0.4, -0.2) is 31.8 Å². The van der Waals surface area contributed by atoms with Crippen LogP contribution >= 0.6 is 0 Å². The van der Waals surface area contributed by atoms with Gasteiger partial charge >= 0.3 is 12.1 Å². The second-order valence-corrected chi connectivity index (χ2v) is 5.05. The fourth-order valence-corrected chi connectivity index (χ4v) is 1.78. The summed E-state index contributed by atoms with van der Waals surface area (Å²) in [6, 6.07) is 6.19. The number of alkyl carbamates (subject to hydrolysis) is 1. The van der Waals surface area contributed by atoms with Crippen molar-refractivity contribution in [2.24, 2.45) is 0 Å². The Morgan fingerprint density at radius 1 is 1.25 bits per heavy atom. The number of rotatable bonds is 9. The summed E-state index contributed by atoms with van der Waals surface area (Å²) in [5, 5.41) is 2.43. The van der Waals surface area contributed by atoms with E-state index in [4.69, 9.17) is 20.6 Å². The molecule has 0 saturated heterocycles. The number of methoxy groups -OCH3 is 1. The van der Waals surface area contributed by atoms with Crippen LogP contribution in [0.15, 0.2) is 24.3 Å². The summed E-state index contributed by atoms with van der Waals surface area (Å²) in [7, 11) is 1.57. The molecule has 0 bridgehead atoms. The van der Waals surface area contributed by atoms with E-state index in [1.165, 1.54) is 0 Å². The average Bonchev–Trinajstić information content (AvgIpc) is 2.60. The number of terminal acetylenes is 1. The van der Waals surface area contributed by atoms with Crippen LogP contribution in [0.4, 0.5) is 4.79 Å². The molecule has 1 aromatic carbocycles. The minimum Gasteiger partial charge on any atom is -0.497 e. The standard InChI is InChI=1S/C18H23NO5/c1-4-6-12-23-17(20)16(7-5-2)19-18(21)24-13-14-8-10-15(22-3)11-9-14/h2,8-11,16H,4,6-7,12-13H2,1,3H3,(H,19,21). The van der Waals surface area contributed by atoms with Crippen molar-refractivity contribution in [3.8, 4) is 18.1 Å². The lowest BCUT2D eigenvalue weighted by Crippen LogP contribution is -2.42. The fourth-order valence-electron chi connectivity index (χ4n) is 1.78. The summed E-state index contributed by atoms with van der Waals surface area (Å²) in [5.41, 5.74) is 0.796. The minimum absolute atomic E-state index is 0.0442. The highest BCUT2D eigenvalue weighted by Crippen LogP contribution is 2.12. The van der Waals surface area contributed by atoms with E-state index in [2.05, 4.69) is 11.2 Å². The first-order valence-corrected chi connectivity index (χ1v) is 7.77. The molecule has 0 aliphatic carbocycles. The molecule has 1 amide bonds. The lowest BCUT2D eigenvalue weighted by Gasteiger charge is -2.15. The number of nitrogens with one attached hydrogen (secondary N) is 1. The van der Waals surface area contributed by atoms with Crippen LogP contribution < -0.4 is 10.1 Å². The highest BCUT2D eigenvalue weighted by Gasteiger charge is 2.22. The third-order valence-electron chi connectivity index (χ3n) is 3.17. The highest BCUT2D eigenvalue weighted by atomic mass is 16.6. The molecule has 0 heterocycles. The van der Waals surface area contributed by atoms with E-state index in [-0.39, 0.29) is 13.0 Å². The van der Waals surface area contributed by atoms with Crippen molar-refractivity contribution >= 4 is 12.1 Å². The molecule has 0 spiro atoms. The van der Waals surface area contributed by atoms with Crippen LogP contribution in [0.2, 0.25) is 0 Å². The number of esters is 1. The topological polar surface area (TPSA) is 73.9 Å². The summed E-state index contributed by atoms with van der Waals surface area (Å²) in [6.07, 6.45) is 6.22. The zero-order valence-electron chi connectivity index (χ0n) is 14.0. The quantitative estimate of drug-likeness (QED) is 0.427. The Bertz CT molecular complexity index is 562. The largest absolute Gasteiger partial charge is 0.497 e. The maximum atomic E-state index is 11.9. The number of benzene rings is 1. The minimum atomic E-state index is -0.907. The van der Waals surface area contributed by atoms with Crippen molar-refractivity contribution in [2.75, 3.05) is 13.7 Å². The molecule has 1 rings (SSSR count). The molecule has 0 aliphatic heterocycles. The maximum absolute atomic E-state index is 11.9. The van der Waals surface area contributed by atoms with Crippen molar-refractivity contribution in [3.63, 3.8) is 0 Å². The van der Waals surface area contributed by atoms with Gasteiger partial charge in [-0.15, -0.1) is 12.3 Å². The summed E-state index contributed by atoms with van der Waals surface area (Å²) in [4.78, 5) is 23.7. The number of carbonyl (C=O) groups excluding carboxylic acids is 2. The summed E-state index contributed by atoms with van der Waals surface area (Å²) < 4.78 is 15.2. The van der Waals surface area contributed by atoms with Crippen LogP contribution in [0, 0.1) is 12.3 Å². The first-order valence-electron chi connectivity index (χ1n) is 7.77. The van der Waals surface area contributed by atoms with Gasteiger partial charge in [0.1, 0.15) is 18.4 Å². The Morgan fingerprint density at radius 3 is 2.54 bits per heavy atom. The van der Waals surface area contributed by atoms with E-state index in [0.29, 0.717) is 12.4 Å². The molecule has 0 aliphatic rings. The highest BCUT2D eigenvalue weighted by molar-refractivity contribution is 5.81. The van der Waals surface area contributed by atoms with Crippen LogP contribution in [0.5, 0.6) is 5.75 Å². The molecule has 0 fully saturated rings. The van der Waals surface area contributed by atoms with Gasteiger partial charge in [-0.25, -0.2) is 9.59 Å². The van der Waals surface area contributed by atoms with E-state index in [9.17, 15) is 9.59 Å². The molecule has 24 heavy (non-hydrogen) atoms. The van der Waals surface area contributed by atoms with E-state index in [1.54, 1.807) is 31.4 Å². The Hall–Kier alpha value is -2.68. The molecule has 0 aromatic heterocycles. The van der Waals surface area contributed by atoms with E-state index >= 15 is 0 Å². The van der Waals surface area contributed by atoms with Gasteiger partial charge in [0.2, 0.25) is 0 Å². The van der Waals surface area contributed by atoms with Crippen LogP contribution in [0.1, 0.15) is 31.7 Å². The molecule has 6 nitrogen and oxygen atoms in total. The maximum Gasteiger partial charge on any atom is 0.408 e. The zero-order chi connectivity index (χ0) is 17.8. The van der Waals surface area contributed by atoms with Crippen molar-refractivity contribution in [2.45, 2.75) is 38.8 Å². The molecular formula is C18H23NO5. The third kappa shape index (κ3) is 7.05. The smallest absolute Gasteiger partial charge is 0.408 e. The normalized spacial score (nSPS) is 11.0. The monoisotopic (exact) mass is 333 g/mol. The molecule has 1 aromatic rings. The Kier molecular flexibility index (Phi) is 8.84. The van der Waals surface area contributed by atoms with Crippen LogP contribution in [-0.2, 0) is 20.9 Å². The first kappa shape index (κ1) is 19.4. The lowest BCUT2D eigenvalue weighted by molar-refractivity contribution is -0.146. The van der Waals surface area contributed by atoms with Gasteiger partial charge in [0.25, 0.3) is 0 Å². The number of hydrogen-bond donors (Lipinski definition) is 1. The SMILES string of the molecule is C#CCC(NC(=O)OCc1ccc(OC)cc1)C(=O)OCCCC. The molecule has 0 saturated carbocycles. The molecule has 1 N–H and O–H groups in total. The van der Waals surface area contributed by atoms with Gasteiger partial charge in [-0.05, 0) is 24.1 Å². The predicted molar refractivity (Wildman–Crippen MR) is 89.4 cm³/mol. The van der Waals surface area contributed by atoms with Gasteiger partial charge in [0.15, 0.2) is 0 Å². The second-order valence-electron chi connectivity index (χ2n) is 5.05. The van der Waals surface area contributed by atoms with Gasteiger partial charge in [-0.3, -0.25) is 0 Å². The van der Waals surface area contributed by atoms with Crippen molar-refractivity contribution in [3.05, 3.63) is 29.8 Å². The summed E-state index contributed by atoms with van der Waals surface area (Å²) in [6.45, 7) is 2.37. The average molecular weight is 333 g/mol. The Labute approximate surface area is 142 Å². The molecule has 6 heteroatoms. The Balaban J connectivity index is 2.46. The number of amides is 1. The number of ether oxygens (including phenoxy) is 3. The van der Waals surface area contributed by atoms with Gasteiger partial charge in [0, 0.05) is 6.42 Å². The Morgan fingerprint density at radius 2 is 1.96 bits per heavy atom. The zero-order valence-corrected chi connectivity index (χ0v) is 14.0. The number of hydrogen-bond acceptors (Lipinski definition) is 5. The van der Waals surface area contributed by atoms with Crippen LogP contribution in [0.25, 0.3) is 0 Å². The van der Waals surface area contributed by atoms with Crippen molar-refractivity contribution in [1.82, 2.24) is 5.32 Å². The summed E-state index contributed by atoms with van der Waals surface area (Å²) >= 11 is 0. The van der Waals surface area contributed by atoms with Gasteiger partial charge in [0.05, 0.1) is 13.7 Å². The lowest BCUT2D eigenvalue weighted by atomic mass is 10.2. The van der Waals surface area contributed by atoms with E-state index in [1.807, 2.05) is 6.92 Å². The van der Waals surface area contributed by atoms with Gasteiger partial charge < -0.3 is 19.5 Å². The van der Waals surface area contributed by atoms with Crippen molar-refractivity contribution in [1.29, 1.82) is 0 Å².